The summed E-state index contributed by atoms with van der Waals surface area (Å²) < 4.78 is 5.58. The van der Waals surface area contributed by atoms with Crippen molar-refractivity contribution in [1.82, 2.24) is 9.80 Å². The molecule has 2 rings (SSSR count). The lowest BCUT2D eigenvalue weighted by molar-refractivity contribution is 0.0124. The van der Waals surface area contributed by atoms with Crippen molar-refractivity contribution in [3.8, 4) is 0 Å². The minimum absolute atomic E-state index is 0.0559. The fourth-order valence-electron chi connectivity index (χ4n) is 3.77. The van der Waals surface area contributed by atoms with Crippen LogP contribution in [0.4, 0.5) is 4.79 Å². The van der Waals surface area contributed by atoms with E-state index in [1.54, 1.807) is 4.90 Å². The van der Waals surface area contributed by atoms with E-state index >= 15 is 0 Å². The van der Waals surface area contributed by atoms with E-state index in [-0.39, 0.29) is 24.0 Å². The number of hydrogen-bond donors (Lipinski definition) is 0. The first-order valence-corrected chi connectivity index (χ1v) is 10.3. The first-order chi connectivity index (χ1) is 13.0. The van der Waals surface area contributed by atoms with Crippen LogP contribution in [0.2, 0.25) is 0 Å². The molecule has 0 aromatic heterocycles. The summed E-state index contributed by atoms with van der Waals surface area (Å²) in [5.74, 6) is 0.350. The van der Waals surface area contributed by atoms with Crippen LogP contribution >= 0.6 is 0 Å². The molecule has 1 aliphatic heterocycles. The molecule has 0 unspecified atom stereocenters. The topological polar surface area (TPSA) is 49.9 Å². The van der Waals surface area contributed by atoms with Crippen LogP contribution in [0.3, 0.4) is 0 Å². The van der Waals surface area contributed by atoms with Gasteiger partial charge in [0.2, 0.25) is 0 Å². The van der Waals surface area contributed by atoms with Crippen LogP contribution in [0.25, 0.3) is 0 Å². The lowest BCUT2D eigenvalue weighted by Crippen LogP contribution is -2.48. The largest absolute Gasteiger partial charge is 0.444 e. The molecule has 156 valence electrons. The Kier molecular flexibility index (Phi) is 7.13. The molecular weight excluding hydrogens is 352 g/mol. The number of likely N-dealkylation sites (tertiary alicyclic amines) is 1. The Morgan fingerprint density at radius 3 is 2.32 bits per heavy atom. The van der Waals surface area contributed by atoms with Gasteiger partial charge < -0.3 is 14.5 Å². The van der Waals surface area contributed by atoms with Crippen LogP contribution in [0.5, 0.6) is 0 Å². The molecule has 1 aromatic rings. The quantitative estimate of drug-likeness (QED) is 0.744. The van der Waals surface area contributed by atoms with Crippen molar-refractivity contribution in [2.75, 3.05) is 19.6 Å². The van der Waals surface area contributed by atoms with Crippen molar-refractivity contribution >= 4 is 12.0 Å². The first-order valence-electron chi connectivity index (χ1n) is 10.3. The van der Waals surface area contributed by atoms with Gasteiger partial charge in [-0.1, -0.05) is 17.2 Å². The normalized spacial score (nSPS) is 17.6. The van der Waals surface area contributed by atoms with Gasteiger partial charge in [-0.2, -0.15) is 0 Å². The number of hydrogen-bond acceptors (Lipinski definition) is 3. The minimum Gasteiger partial charge on any atom is -0.444 e. The molecule has 5 nitrogen and oxygen atoms in total. The molecule has 0 aliphatic carbocycles. The molecule has 1 aromatic carbocycles. The summed E-state index contributed by atoms with van der Waals surface area (Å²) in [6.45, 7) is 15.8. The summed E-state index contributed by atoms with van der Waals surface area (Å²) in [7, 11) is 0. The summed E-state index contributed by atoms with van der Waals surface area (Å²) in [6.07, 6.45) is 1.70. The maximum atomic E-state index is 13.0. The Hall–Kier alpha value is -2.04. The fourth-order valence-corrected chi connectivity index (χ4v) is 3.77. The zero-order valence-corrected chi connectivity index (χ0v) is 18.5. The number of aryl methyl sites for hydroxylation is 2. The van der Waals surface area contributed by atoms with Crippen LogP contribution in [0.15, 0.2) is 18.2 Å². The lowest BCUT2D eigenvalue weighted by atomic mass is 9.96. The van der Waals surface area contributed by atoms with E-state index in [1.165, 1.54) is 0 Å². The highest BCUT2D eigenvalue weighted by Crippen LogP contribution is 2.22. The second kappa shape index (κ2) is 8.97. The molecule has 1 fully saturated rings. The number of ether oxygens (including phenoxy) is 1. The number of carbonyl (C=O) groups excluding carboxylic acids is 2. The van der Waals surface area contributed by atoms with Crippen LogP contribution in [0.1, 0.15) is 68.9 Å². The molecule has 0 spiro atoms. The van der Waals surface area contributed by atoms with Crippen molar-refractivity contribution < 1.29 is 14.3 Å². The molecule has 0 radical (unpaired) electrons. The molecule has 0 N–H and O–H groups in total. The van der Waals surface area contributed by atoms with Gasteiger partial charge >= 0.3 is 6.09 Å². The average Bonchev–Trinajstić information content (AvgIpc) is 2.56. The summed E-state index contributed by atoms with van der Waals surface area (Å²) in [6, 6.07) is 6.05. The Bertz CT molecular complexity index is 686. The van der Waals surface area contributed by atoms with E-state index < -0.39 is 5.60 Å². The number of rotatable bonds is 4. The Labute approximate surface area is 170 Å². The van der Waals surface area contributed by atoms with Crippen molar-refractivity contribution in [3.05, 3.63) is 34.9 Å². The zero-order chi connectivity index (χ0) is 21.1. The van der Waals surface area contributed by atoms with E-state index in [0.29, 0.717) is 13.1 Å². The van der Waals surface area contributed by atoms with E-state index in [0.717, 1.165) is 36.1 Å². The summed E-state index contributed by atoms with van der Waals surface area (Å²) in [5.41, 5.74) is 2.45. The SMILES string of the molecule is Cc1cc(C)cc(C(=O)N2CCC[C@H](CN(C(=O)OC(C)(C)C)C(C)C)C2)c1. The van der Waals surface area contributed by atoms with Crippen molar-refractivity contribution in [1.29, 1.82) is 0 Å². The highest BCUT2D eigenvalue weighted by molar-refractivity contribution is 5.94. The molecule has 1 saturated heterocycles. The van der Waals surface area contributed by atoms with Crippen LogP contribution in [-0.2, 0) is 4.74 Å². The van der Waals surface area contributed by atoms with E-state index in [1.807, 2.05) is 65.5 Å². The molecule has 0 saturated carbocycles. The van der Waals surface area contributed by atoms with Gasteiger partial charge in [0.25, 0.3) is 5.91 Å². The van der Waals surface area contributed by atoms with E-state index in [4.69, 9.17) is 4.74 Å². The third-order valence-electron chi connectivity index (χ3n) is 4.98. The van der Waals surface area contributed by atoms with Gasteiger partial charge in [0, 0.05) is 31.2 Å². The lowest BCUT2D eigenvalue weighted by Gasteiger charge is -2.37. The third-order valence-corrected chi connectivity index (χ3v) is 4.98. The summed E-state index contributed by atoms with van der Waals surface area (Å²) in [5, 5.41) is 0. The van der Waals surface area contributed by atoms with Crippen molar-refractivity contribution in [2.45, 2.75) is 73.0 Å². The molecule has 28 heavy (non-hydrogen) atoms. The van der Waals surface area contributed by atoms with Gasteiger partial charge in [0.1, 0.15) is 5.60 Å². The van der Waals surface area contributed by atoms with Crippen LogP contribution in [0, 0.1) is 19.8 Å². The molecular formula is C23H36N2O3. The second-order valence-corrected chi connectivity index (χ2v) is 9.36. The number of piperidine rings is 1. The van der Waals surface area contributed by atoms with Gasteiger partial charge in [0.15, 0.2) is 0 Å². The van der Waals surface area contributed by atoms with Crippen LogP contribution < -0.4 is 0 Å². The first kappa shape index (κ1) is 22.3. The molecule has 0 bridgehead atoms. The smallest absolute Gasteiger partial charge is 0.410 e. The maximum Gasteiger partial charge on any atom is 0.410 e. The third kappa shape index (κ3) is 6.25. The second-order valence-electron chi connectivity index (χ2n) is 9.36. The van der Waals surface area contributed by atoms with Gasteiger partial charge in [-0.25, -0.2) is 4.79 Å². The van der Waals surface area contributed by atoms with Gasteiger partial charge in [-0.3, -0.25) is 4.79 Å². The highest BCUT2D eigenvalue weighted by atomic mass is 16.6. The van der Waals surface area contributed by atoms with Crippen molar-refractivity contribution in [2.24, 2.45) is 5.92 Å². The molecule has 1 aliphatic rings. The van der Waals surface area contributed by atoms with E-state index in [2.05, 4.69) is 6.07 Å². The molecule has 2 amide bonds. The number of carbonyl (C=O) groups is 2. The zero-order valence-electron chi connectivity index (χ0n) is 18.5. The highest BCUT2D eigenvalue weighted by Gasteiger charge is 2.30. The predicted molar refractivity (Wildman–Crippen MR) is 113 cm³/mol. The maximum absolute atomic E-state index is 13.0. The Morgan fingerprint density at radius 2 is 1.79 bits per heavy atom. The van der Waals surface area contributed by atoms with Gasteiger partial charge in [0.05, 0.1) is 0 Å². The van der Waals surface area contributed by atoms with Crippen molar-refractivity contribution in [3.63, 3.8) is 0 Å². The van der Waals surface area contributed by atoms with E-state index in [9.17, 15) is 9.59 Å². The molecule has 5 heteroatoms. The summed E-state index contributed by atoms with van der Waals surface area (Å²) >= 11 is 0. The summed E-state index contributed by atoms with van der Waals surface area (Å²) in [4.78, 5) is 29.4. The number of nitrogens with zero attached hydrogens (tertiary/aromatic N) is 2. The standard InChI is InChI=1S/C23H36N2O3/c1-16(2)25(22(27)28-23(5,6)7)15-19-9-8-10-24(14-19)21(26)20-12-17(3)11-18(4)13-20/h11-13,16,19H,8-10,14-15H2,1-7H3/t19-/m0/s1. The van der Waals surface area contributed by atoms with Gasteiger partial charge in [-0.15, -0.1) is 0 Å². The Balaban J connectivity index is 2.06. The molecule has 1 atom stereocenters. The number of amides is 2. The fraction of sp³-hybridized carbons (Fsp3) is 0.652. The predicted octanol–water partition coefficient (Wildman–Crippen LogP) is 4.80. The van der Waals surface area contributed by atoms with Gasteiger partial charge in [-0.05, 0) is 79.4 Å². The average molecular weight is 389 g/mol. The minimum atomic E-state index is -0.512. The Morgan fingerprint density at radius 1 is 1.18 bits per heavy atom. The molecule has 1 heterocycles. The number of benzene rings is 1. The van der Waals surface area contributed by atoms with Crippen LogP contribution in [-0.4, -0.2) is 53.1 Å². The monoisotopic (exact) mass is 388 g/mol.